The molecule has 1 atom stereocenters. The van der Waals surface area contributed by atoms with Crippen LogP contribution in [0, 0.1) is 0 Å². The lowest BCUT2D eigenvalue weighted by Crippen LogP contribution is -2.38. The van der Waals surface area contributed by atoms with Gasteiger partial charge in [0.05, 0.1) is 18.7 Å². The van der Waals surface area contributed by atoms with E-state index in [0.29, 0.717) is 23.6 Å². The first-order valence-corrected chi connectivity index (χ1v) is 9.22. The van der Waals surface area contributed by atoms with Crippen LogP contribution in [0.15, 0.2) is 42.5 Å². The van der Waals surface area contributed by atoms with Crippen molar-refractivity contribution in [3.05, 3.63) is 53.6 Å². The second-order valence-corrected chi connectivity index (χ2v) is 6.26. The fourth-order valence-electron chi connectivity index (χ4n) is 3.36. The zero-order valence-electron chi connectivity index (χ0n) is 16.0. The largest absolute Gasteiger partial charge is 0.497 e. The average Bonchev–Trinajstić information content (AvgIpc) is 3.19. The van der Waals surface area contributed by atoms with Crippen LogP contribution in [-0.2, 0) is 0 Å². The summed E-state index contributed by atoms with van der Waals surface area (Å²) < 4.78 is 16.2. The van der Waals surface area contributed by atoms with Gasteiger partial charge in [-0.2, -0.15) is 0 Å². The van der Waals surface area contributed by atoms with Gasteiger partial charge in [-0.3, -0.25) is 9.69 Å². The monoisotopic (exact) mass is 370 g/mol. The molecule has 0 saturated heterocycles. The number of methoxy groups -OCH3 is 1. The van der Waals surface area contributed by atoms with E-state index in [0.717, 1.165) is 24.4 Å². The van der Waals surface area contributed by atoms with E-state index in [1.165, 1.54) is 0 Å². The Morgan fingerprint density at radius 1 is 1.19 bits per heavy atom. The molecule has 0 spiro atoms. The van der Waals surface area contributed by atoms with Crippen LogP contribution >= 0.6 is 0 Å². The Labute approximate surface area is 160 Å². The standard InChI is InChI=1S/C21H26N2O4/c1-4-23(5-2)18(15-8-6-9-16(12-15)25-3)13-22-21(24)17-10-7-11-19-20(17)27-14-26-19/h6-12,18H,4-5,13-14H2,1-3H3,(H,22,24). The minimum absolute atomic E-state index is 0.0491. The highest BCUT2D eigenvalue weighted by atomic mass is 16.7. The van der Waals surface area contributed by atoms with Crippen molar-refractivity contribution in [1.29, 1.82) is 0 Å². The van der Waals surface area contributed by atoms with Gasteiger partial charge in [-0.1, -0.05) is 32.0 Å². The van der Waals surface area contributed by atoms with Gasteiger partial charge in [0.25, 0.3) is 5.91 Å². The van der Waals surface area contributed by atoms with Gasteiger partial charge in [-0.05, 0) is 42.9 Å². The van der Waals surface area contributed by atoms with Crippen molar-refractivity contribution < 1.29 is 19.0 Å². The van der Waals surface area contributed by atoms with E-state index in [4.69, 9.17) is 14.2 Å². The van der Waals surface area contributed by atoms with Crippen molar-refractivity contribution in [3.8, 4) is 17.2 Å². The number of amides is 1. The summed E-state index contributed by atoms with van der Waals surface area (Å²) in [6.07, 6.45) is 0. The van der Waals surface area contributed by atoms with E-state index in [-0.39, 0.29) is 18.7 Å². The first kappa shape index (κ1) is 19.0. The molecule has 2 aromatic rings. The molecular formula is C21H26N2O4. The first-order chi connectivity index (χ1) is 13.2. The molecule has 1 N–H and O–H groups in total. The third-order valence-corrected chi connectivity index (χ3v) is 4.83. The van der Waals surface area contributed by atoms with Gasteiger partial charge in [0, 0.05) is 6.54 Å². The Morgan fingerprint density at radius 3 is 2.70 bits per heavy atom. The summed E-state index contributed by atoms with van der Waals surface area (Å²) in [6, 6.07) is 13.4. The summed E-state index contributed by atoms with van der Waals surface area (Å²) in [6.45, 7) is 6.63. The van der Waals surface area contributed by atoms with E-state index < -0.39 is 0 Å². The summed E-state index contributed by atoms with van der Waals surface area (Å²) in [5.41, 5.74) is 1.60. The molecule has 1 amide bonds. The Bertz CT molecular complexity index is 790. The molecule has 0 bridgehead atoms. The minimum Gasteiger partial charge on any atom is -0.497 e. The molecule has 0 aromatic heterocycles. The van der Waals surface area contributed by atoms with Gasteiger partial charge in [0.1, 0.15) is 5.75 Å². The summed E-state index contributed by atoms with van der Waals surface area (Å²) in [7, 11) is 1.66. The first-order valence-electron chi connectivity index (χ1n) is 9.22. The summed E-state index contributed by atoms with van der Waals surface area (Å²) in [5, 5.41) is 3.06. The number of hydrogen-bond acceptors (Lipinski definition) is 5. The lowest BCUT2D eigenvalue weighted by molar-refractivity contribution is 0.0930. The number of fused-ring (bicyclic) bond motifs is 1. The van der Waals surface area contributed by atoms with Crippen molar-refractivity contribution in [2.45, 2.75) is 19.9 Å². The Kier molecular flexibility index (Phi) is 6.19. The summed E-state index contributed by atoms with van der Waals surface area (Å²) in [5.74, 6) is 1.76. The van der Waals surface area contributed by atoms with Crippen LogP contribution in [-0.4, -0.2) is 44.3 Å². The van der Waals surface area contributed by atoms with Crippen molar-refractivity contribution in [2.24, 2.45) is 0 Å². The van der Waals surface area contributed by atoms with Crippen LogP contribution in [0.2, 0.25) is 0 Å². The van der Waals surface area contributed by atoms with Gasteiger partial charge in [0.15, 0.2) is 11.5 Å². The highest BCUT2D eigenvalue weighted by Crippen LogP contribution is 2.35. The number of nitrogens with zero attached hydrogens (tertiary/aromatic N) is 1. The molecule has 0 saturated carbocycles. The molecule has 2 aromatic carbocycles. The second-order valence-electron chi connectivity index (χ2n) is 6.26. The number of hydrogen-bond donors (Lipinski definition) is 1. The van der Waals surface area contributed by atoms with Gasteiger partial charge in [-0.15, -0.1) is 0 Å². The molecule has 0 aliphatic carbocycles. The summed E-state index contributed by atoms with van der Waals surface area (Å²) >= 11 is 0. The fraction of sp³-hybridized carbons (Fsp3) is 0.381. The predicted octanol–water partition coefficient (Wildman–Crippen LogP) is 3.24. The van der Waals surface area contributed by atoms with Crippen molar-refractivity contribution in [1.82, 2.24) is 10.2 Å². The molecule has 144 valence electrons. The van der Waals surface area contributed by atoms with Crippen LogP contribution < -0.4 is 19.5 Å². The molecule has 1 aliphatic rings. The third kappa shape index (κ3) is 4.17. The number of para-hydroxylation sites is 1. The smallest absolute Gasteiger partial charge is 0.255 e. The van der Waals surface area contributed by atoms with E-state index in [1.807, 2.05) is 18.2 Å². The third-order valence-electron chi connectivity index (χ3n) is 4.83. The van der Waals surface area contributed by atoms with Crippen LogP contribution in [0.4, 0.5) is 0 Å². The quantitative estimate of drug-likeness (QED) is 0.773. The predicted molar refractivity (Wildman–Crippen MR) is 104 cm³/mol. The summed E-state index contributed by atoms with van der Waals surface area (Å²) in [4.78, 5) is 15.1. The lowest BCUT2D eigenvalue weighted by atomic mass is 10.0. The normalized spacial score (nSPS) is 13.5. The zero-order valence-corrected chi connectivity index (χ0v) is 16.0. The molecule has 1 unspecified atom stereocenters. The van der Waals surface area contributed by atoms with Crippen LogP contribution in [0.1, 0.15) is 35.8 Å². The molecule has 1 heterocycles. The number of nitrogens with one attached hydrogen (secondary N) is 1. The van der Waals surface area contributed by atoms with Crippen LogP contribution in [0.5, 0.6) is 17.2 Å². The molecule has 0 radical (unpaired) electrons. The molecule has 3 rings (SSSR count). The van der Waals surface area contributed by atoms with Crippen LogP contribution in [0.25, 0.3) is 0 Å². The zero-order chi connectivity index (χ0) is 19.2. The highest BCUT2D eigenvalue weighted by molar-refractivity contribution is 5.98. The van der Waals surface area contributed by atoms with Crippen molar-refractivity contribution in [2.75, 3.05) is 33.5 Å². The van der Waals surface area contributed by atoms with E-state index in [2.05, 4.69) is 30.1 Å². The van der Waals surface area contributed by atoms with Crippen molar-refractivity contribution in [3.63, 3.8) is 0 Å². The fourth-order valence-corrected chi connectivity index (χ4v) is 3.36. The SMILES string of the molecule is CCN(CC)C(CNC(=O)c1cccc2c1OCO2)c1cccc(OC)c1. The van der Waals surface area contributed by atoms with Crippen LogP contribution in [0.3, 0.4) is 0 Å². The number of likely N-dealkylation sites (N-methyl/N-ethyl adjacent to an activating group) is 1. The Balaban J connectivity index is 1.78. The topological polar surface area (TPSA) is 60.0 Å². The lowest BCUT2D eigenvalue weighted by Gasteiger charge is -2.30. The number of carbonyl (C=O) groups excluding carboxylic acids is 1. The molecular weight excluding hydrogens is 344 g/mol. The molecule has 0 fully saturated rings. The number of benzene rings is 2. The second kappa shape index (κ2) is 8.77. The van der Waals surface area contributed by atoms with Gasteiger partial charge in [0.2, 0.25) is 6.79 Å². The minimum atomic E-state index is -0.169. The Morgan fingerprint density at radius 2 is 1.96 bits per heavy atom. The van der Waals surface area contributed by atoms with E-state index in [9.17, 15) is 4.79 Å². The highest BCUT2D eigenvalue weighted by Gasteiger charge is 2.24. The van der Waals surface area contributed by atoms with Gasteiger partial charge in [-0.25, -0.2) is 0 Å². The molecule has 6 nitrogen and oxygen atoms in total. The van der Waals surface area contributed by atoms with E-state index in [1.54, 1.807) is 25.3 Å². The number of ether oxygens (including phenoxy) is 3. The number of rotatable bonds is 8. The maximum absolute atomic E-state index is 12.8. The van der Waals surface area contributed by atoms with Gasteiger partial charge >= 0.3 is 0 Å². The Hall–Kier alpha value is -2.73. The average molecular weight is 370 g/mol. The molecule has 6 heteroatoms. The molecule has 1 aliphatic heterocycles. The van der Waals surface area contributed by atoms with Gasteiger partial charge < -0.3 is 19.5 Å². The maximum atomic E-state index is 12.8. The van der Waals surface area contributed by atoms with Crippen molar-refractivity contribution >= 4 is 5.91 Å². The molecule has 27 heavy (non-hydrogen) atoms. The van der Waals surface area contributed by atoms with E-state index >= 15 is 0 Å². The number of carbonyl (C=O) groups is 1. The maximum Gasteiger partial charge on any atom is 0.255 e.